The summed E-state index contributed by atoms with van der Waals surface area (Å²) in [7, 11) is 0. The second kappa shape index (κ2) is 10.4. The van der Waals surface area contributed by atoms with E-state index in [1.54, 1.807) is 43.0 Å². The Morgan fingerprint density at radius 1 is 1.03 bits per heavy atom. The molecule has 2 aromatic carbocycles. The molecule has 0 bridgehead atoms. The van der Waals surface area contributed by atoms with Crippen molar-refractivity contribution < 1.29 is 19.3 Å². The molecule has 1 saturated heterocycles. The molecule has 2 N–H and O–H groups in total. The number of nitro benzene ring substituents is 1. The molecule has 0 spiro atoms. The maximum Gasteiger partial charge on any atom is 0.288 e. The van der Waals surface area contributed by atoms with Gasteiger partial charge in [0.05, 0.1) is 4.92 Å². The summed E-state index contributed by atoms with van der Waals surface area (Å²) in [5, 5.41) is 16.4. The lowest BCUT2D eigenvalue weighted by Crippen LogP contribution is -2.47. The molecule has 1 atom stereocenters. The first-order valence-corrected chi connectivity index (χ1v) is 11.0. The Kier molecular flexibility index (Phi) is 7.65. The number of amides is 3. The summed E-state index contributed by atoms with van der Waals surface area (Å²) < 4.78 is 0. The Morgan fingerprint density at radius 3 is 2.21 bits per heavy atom. The third-order valence-corrected chi connectivity index (χ3v) is 5.75. The Labute approximate surface area is 196 Å². The molecule has 10 heteroatoms. The maximum absolute atomic E-state index is 12.8. The summed E-state index contributed by atoms with van der Waals surface area (Å²) in [6.45, 7) is 5.05. The zero-order chi connectivity index (χ0) is 24.1. The minimum atomic E-state index is -0.891. The Hall–Kier alpha value is -3.46. The van der Waals surface area contributed by atoms with E-state index < -0.39 is 28.5 Å². The molecule has 0 radical (unpaired) electrons. The van der Waals surface area contributed by atoms with Gasteiger partial charge < -0.3 is 15.5 Å². The Balaban J connectivity index is 1.67. The van der Waals surface area contributed by atoms with Gasteiger partial charge in [-0.15, -0.1) is 0 Å². The van der Waals surface area contributed by atoms with Crippen LogP contribution in [0.3, 0.4) is 0 Å². The maximum atomic E-state index is 12.8. The fourth-order valence-electron chi connectivity index (χ4n) is 3.57. The average molecular weight is 473 g/mol. The molecule has 1 aliphatic rings. The van der Waals surface area contributed by atoms with E-state index in [9.17, 15) is 24.5 Å². The molecule has 9 nitrogen and oxygen atoms in total. The number of rotatable bonds is 7. The van der Waals surface area contributed by atoms with Gasteiger partial charge >= 0.3 is 0 Å². The normalized spacial score (nSPS) is 14.1. The van der Waals surface area contributed by atoms with E-state index in [0.29, 0.717) is 11.3 Å². The number of carbonyl (C=O) groups excluding carboxylic acids is 3. The van der Waals surface area contributed by atoms with Gasteiger partial charge in [0.2, 0.25) is 5.91 Å². The van der Waals surface area contributed by atoms with Crippen molar-refractivity contribution in [3.8, 4) is 0 Å². The highest BCUT2D eigenvalue weighted by Gasteiger charge is 2.26. The van der Waals surface area contributed by atoms with Gasteiger partial charge in [0.25, 0.3) is 17.5 Å². The summed E-state index contributed by atoms with van der Waals surface area (Å²) in [5.41, 5.74) is 0.667. The first-order chi connectivity index (χ1) is 15.7. The third-order valence-electron chi connectivity index (χ3n) is 5.43. The molecule has 0 aliphatic carbocycles. The average Bonchev–Trinajstić information content (AvgIpc) is 3.32. The van der Waals surface area contributed by atoms with Crippen LogP contribution in [0.5, 0.6) is 0 Å². The van der Waals surface area contributed by atoms with Crippen molar-refractivity contribution >= 4 is 40.7 Å². The van der Waals surface area contributed by atoms with Crippen molar-refractivity contribution in [1.29, 1.82) is 0 Å². The van der Waals surface area contributed by atoms with E-state index in [0.717, 1.165) is 32.0 Å². The van der Waals surface area contributed by atoms with E-state index in [4.69, 9.17) is 11.6 Å². The first kappa shape index (κ1) is 24.2. The summed E-state index contributed by atoms with van der Waals surface area (Å²) in [6.07, 6.45) is 2.01. The number of nitro groups is 1. The van der Waals surface area contributed by atoms with E-state index in [2.05, 4.69) is 10.6 Å². The number of nitrogens with zero attached hydrogens (tertiary/aromatic N) is 2. The summed E-state index contributed by atoms with van der Waals surface area (Å²) in [5.74, 6) is -1.36. The highest BCUT2D eigenvalue weighted by molar-refractivity contribution is 6.32. The zero-order valence-electron chi connectivity index (χ0n) is 18.3. The minimum absolute atomic E-state index is 0.0225. The minimum Gasteiger partial charge on any atom is -0.340 e. The Bertz CT molecular complexity index is 1070. The molecule has 1 fully saturated rings. The van der Waals surface area contributed by atoms with Crippen molar-refractivity contribution in [3.63, 3.8) is 0 Å². The zero-order valence-corrected chi connectivity index (χ0v) is 19.1. The van der Waals surface area contributed by atoms with Crippen LogP contribution in [0, 0.1) is 16.0 Å². The van der Waals surface area contributed by atoms with E-state index in [1.807, 2.05) is 0 Å². The topological polar surface area (TPSA) is 122 Å². The second-order valence-corrected chi connectivity index (χ2v) is 8.59. The van der Waals surface area contributed by atoms with Gasteiger partial charge in [0.1, 0.15) is 11.1 Å². The molecule has 1 unspecified atom stereocenters. The van der Waals surface area contributed by atoms with E-state index in [-0.39, 0.29) is 22.4 Å². The molecule has 3 rings (SSSR count). The number of halogens is 1. The molecule has 174 valence electrons. The van der Waals surface area contributed by atoms with Gasteiger partial charge in [0.15, 0.2) is 0 Å². The van der Waals surface area contributed by atoms with Crippen LogP contribution in [-0.4, -0.2) is 46.7 Å². The van der Waals surface area contributed by atoms with Crippen molar-refractivity contribution in [2.45, 2.75) is 32.7 Å². The van der Waals surface area contributed by atoms with Gasteiger partial charge in [-0.25, -0.2) is 0 Å². The standard InChI is InChI=1S/C23H25ClN4O5/c1-14(2)20(26-21(29)16-7-10-18(24)19(13-16)28(32)33)22(30)25-17-8-5-15(6-9-17)23(31)27-11-3-4-12-27/h5-10,13-14,20H,3-4,11-12H2,1-2H3,(H,25,30)(H,26,29). The predicted octanol–water partition coefficient (Wildman–Crippen LogP) is 3.88. The molecule has 1 heterocycles. The van der Waals surface area contributed by atoms with Crippen LogP contribution in [0.2, 0.25) is 5.02 Å². The fourth-order valence-corrected chi connectivity index (χ4v) is 3.76. The second-order valence-electron chi connectivity index (χ2n) is 8.18. The van der Waals surface area contributed by atoms with E-state index >= 15 is 0 Å². The number of carbonyl (C=O) groups is 3. The van der Waals surface area contributed by atoms with Crippen molar-refractivity contribution in [2.75, 3.05) is 18.4 Å². The summed E-state index contributed by atoms with van der Waals surface area (Å²) in [6, 6.07) is 9.41. The quantitative estimate of drug-likeness (QED) is 0.467. The smallest absolute Gasteiger partial charge is 0.288 e. The monoisotopic (exact) mass is 472 g/mol. The van der Waals surface area contributed by atoms with Crippen molar-refractivity contribution in [3.05, 3.63) is 68.7 Å². The van der Waals surface area contributed by atoms with Gasteiger partial charge in [-0.05, 0) is 55.2 Å². The molecule has 2 aromatic rings. The summed E-state index contributed by atoms with van der Waals surface area (Å²) in [4.78, 5) is 50.2. The summed E-state index contributed by atoms with van der Waals surface area (Å²) >= 11 is 5.80. The van der Waals surface area contributed by atoms with Crippen LogP contribution >= 0.6 is 11.6 Å². The van der Waals surface area contributed by atoms with Crippen LogP contribution < -0.4 is 10.6 Å². The highest BCUT2D eigenvalue weighted by atomic mass is 35.5. The molecular formula is C23H25ClN4O5. The number of benzene rings is 2. The van der Waals surface area contributed by atoms with Crippen LogP contribution in [-0.2, 0) is 4.79 Å². The van der Waals surface area contributed by atoms with Crippen LogP contribution in [0.4, 0.5) is 11.4 Å². The first-order valence-electron chi connectivity index (χ1n) is 10.6. The molecule has 3 amide bonds. The van der Waals surface area contributed by atoms with Crippen molar-refractivity contribution in [1.82, 2.24) is 10.2 Å². The highest BCUT2D eigenvalue weighted by Crippen LogP contribution is 2.25. The molecule has 1 aliphatic heterocycles. The fraction of sp³-hybridized carbons (Fsp3) is 0.348. The largest absolute Gasteiger partial charge is 0.340 e. The van der Waals surface area contributed by atoms with Gasteiger partial charge in [0, 0.05) is 36.0 Å². The van der Waals surface area contributed by atoms with Gasteiger partial charge in [-0.2, -0.15) is 0 Å². The number of anilines is 1. The SMILES string of the molecule is CC(C)C(NC(=O)c1ccc(Cl)c([N+](=O)[O-])c1)C(=O)Nc1ccc(C(=O)N2CCCC2)cc1. The molecular weight excluding hydrogens is 448 g/mol. The van der Waals surface area contributed by atoms with Crippen LogP contribution in [0.25, 0.3) is 0 Å². The number of likely N-dealkylation sites (tertiary alicyclic amines) is 1. The molecule has 33 heavy (non-hydrogen) atoms. The van der Waals surface area contributed by atoms with Gasteiger partial charge in [-0.3, -0.25) is 24.5 Å². The number of hydrogen-bond acceptors (Lipinski definition) is 5. The lowest BCUT2D eigenvalue weighted by atomic mass is 10.0. The van der Waals surface area contributed by atoms with Crippen molar-refractivity contribution in [2.24, 2.45) is 5.92 Å². The van der Waals surface area contributed by atoms with Crippen LogP contribution in [0.15, 0.2) is 42.5 Å². The molecule has 0 saturated carbocycles. The number of hydrogen-bond donors (Lipinski definition) is 2. The lowest BCUT2D eigenvalue weighted by Gasteiger charge is -2.22. The Morgan fingerprint density at radius 2 is 1.64 bits per heavy atom. The predicted molar refractivity (Wildman–Crippen MR) is 124 cm³/mol. The number of nitrogens with one attached hydrogen (secondary N) is 2. The third kappa shape index (κ3) is 5.87. The molecule has 0 aromatic heterocycles. The van der Waals surface area contributed by atoms with Gasteiger partial charge in [-0.1, -0.05) is 25.4 Å². The van der Waals surface area contributed by atoms with E-state index in [1.165, 1.54) is 12.1 Å². The van der Waals surface area contributed by atoms with Crippen LogP contribution in [0.1, 0.15) is 47.4 Å². The lowest BCUT2D eigenvalue weighted by molar-refractivity contribution is -0.384.